The second-order valence-electron chi connectivity index (χ2n) is 5.35. The van der Waals surface area contributed by atoms with Gasteiger partial charge < -0.3 is 4.42 Å². The minimum Gasteiger partial charge on any atom is -0.464 e. The lowest BCUT2D eigenvalue weighted by Crippen LogP contribution is -2.15. The fraction of sp³-hybridized carbons (Fsp3) is 0.188. The smallest absolute Gasteiger partial charge is 0.134 e. The molecule has 0 spiro atoms. The van der Waals surface area contributed by atoms with E-state index in [-0.39, 0.29) is 5.41 Å². The first-order chi connectivity index (χ1) is 8.69. The van der Waals surface area contributed by atoms with Gasteiger partial charge >= 0.3 is 0 Å². The fourth-order valence-corrected chi connectivity index (χ4v) is 3.17. The summed E-state index contributed by atoms with van der Waals surface area (Å²) in [7, 11) is 0. The summed E-state index contributed by atoms with van der Waals surface area (Å²) in [5.74, 6) is 0. The van der Waals surface area contributed by atoms with Gasteiger partial charge in [-0.25, -0.2) is 0 Å². The van der Waals surface area contributed by atoms with Crippen LogP contribution in [0.1, 0.15) is 25.0 Å². The third kappa shape index (κ3) is 1.01. The first-order valence-corrected chi connectivity index (χ1v) is 6.16. The summed E-state index contributed by atoms with van der Waals surface area (Å²) < 4.78 is 5.51. The molecular weight excluding hydrogens is 222 g/mol. The van der Waals surface area contributed by atoms with Crippen LogP contribution in [0.2, 0.25) is 0 Å². The molecule has 2 heterocycles. The van der Waals surface area contributed by atoms with Crippen LogP contribution in [0.3, 0.4) is 0 Å². The third-order valence-electron chi connectivity index (χ3n) is 4.00. The van der Waals surface area contributed by atoms with Crippen molar-refractivity contribution in [1.82, 2.24) is 4.98 Å². The number of aromatic nitrogens is 1. The predicted octanol–water partition coefficient (Wildman–Crippen LogP) is 4.13. The van der Waals surface area contributed by atoms with Gasteiger partial charge in [-0.15, -0.1) is 0 Å². The molecule has 88 valence electrons. The van der Waals surface area contributed by atoms with Gasteiger partial charge in [0.1, 0.15) is 5.58 Å². The maximum absolute atomic E-state index is 5.51. The van der Waals surface area contributed by atoms with Gasteiger partial charge in [-0.3, -0.25) is 4.98 Å². The number of furan rings is 1. The highest BCUT2D eigenvalue weighted by atomic mass is 16.3. The van der Waals surface area contributed by atoms with Crippen LogP contribution >= 0.6 is 0 Å². The number of hydrogen-bond donors (Lipinski definition) is 0. The summed E-state index contributed by atoms with van der Waals surface area (Å²) in [5.41, 5.74) is 5.93. The van der Waals surface area contributed by atoms with Gasteiger partial charge in [0, 0.05) is 22.6 Å². The Morgan fingerprint density at radius 3 is 2.89 bits per heavy atom. The monoisotopic (exact) mass is 235 g/mol. The van der Waals surface area contributed by atoms with Crippen LogP contribution in [-0.2, 0) is 5.41 Å². The lowest BCUT2D eigenvalue weighted by atomic mass is 9.81. The molecule has 2 aromatic heterocycles. The van der Waals surface area contributed by atoms with Gasteiger partial charge in [-0.2, -0.15) is 0 Å². The van der Waals surface area contributed by atoms with Crippen molar-refractivity contribution >= 4 is 11.0 Å². The Bertz CT molecular complexity index is 768. The summed E-state index contributed by atoms with van der Waals surface area (Å²) in [6, 6.07) is 10.4. The molecule has 0 unspecified atom stereocenters. The molecule has 0 N–H and O–H groups in total. The van der Waals surface area contributed by atoms with Gasteiger partial charge in [-0.05, 0) is 35.4 Å². The molecule has 0 bridgehead atoms. The molecule has 1 aliphatic carbocycles. The Labute approximate surface area is 105 Å². The van der Waals surface area contributed by atoms with E-state index in [1.807, 2.05) is 18.3 Å². The summed E-state index contributed by atoms with van der Waals surface area (Å²) in [6.07, 6.45) is 3.63. The minimum atomic E-state index is -0.0116. The van der Waals surface area contributed by atoms with Crippen LogP contribution in [0.4, 0.5) is 0 Å². The predicted molar refractivity (Wildman–Crippen MR) is 71.6 cm³/mol. The van der Waals surface area contributed by atoms with Crippen LogP contribution in [0.5, 0.6) is 0 Å². The van der Waals surface area contributed by atoms with E-state index in [1.54, 1.807) is 6.26 Å². The van der Waals surface area contributed by atoms with Gasteiger partial charge in [0.05, 0.1) is 12.0 Å². The largest absolute Gasteiger partial charge is 0.464 e. The number of rotatable bonds is 0. The lowest BCUT2D eigenvalue weighted by Gasteiger charge is -2.21. The number of benzene rings is 1. The molecule has 0 saturated heterocycles. The van der Waals surface area contributed by atoms with Crippen LogP contribution in [0.25, 0.3) is 22.2 Å². The number of hydrogen-bond acceptors (Lipinski definition) is 2. The average molecular weight is 235 g/mol. The Morgan fingerprint density at radius 1 is 1.11 bits per heavy atom. The average Bonchev–Trinajstić information content (AvgIpc) is 2.92. The Hall–Kier alpha value is -2.09. The number of fused-ring (bicyclic) bond motifs is 5. The van der Waals surface area contributed by atoms with Crippen molar-refractivity contribution in [2.45, 2.75) is 19.3 Å². The van der Waals surface area contributed by atoms with E-state index in [2.05, 4.69) is 37.0 Å². The van der Waals surface area contributed by atoms with Crippen LogP contribution in [0, 0.1) is 0 Å². The quantitative estimate of drug-likeness (QED) is 0.585. The van der Waals surface area contributed by atoms with Crippen molar-refractivity contribution in [1.29, 1.82) is 0 Å². The maximum Gasteiger partial charge on any atom is 0.134 e. The third-order valence-corrected chi connectivity index (χ3v) is 4.00. The first-order valence-electron chi connectivity index (χ1n) is 6.16. The molecule has 2 nitrogen and oxygen atoms in total. The zero-order chi connectivity index (χ0) is 12.3. The lowest BCUT2D eigenvalue weighted by molar-refractivity contribution is 0.614. The van der Waals surface area contributed by atoms with E-state index in [9.17, 15) is 0 Å². The van der Waals surface area contributed by atoms with Crippen LogP contribution in [0.15, 0.2) is 47.2 Å². The van der Waals surface area contributed by atoms with E-state index in [0.29, 0.717) is 0 Å². The van der Waals surface area contributed by atoms with E-state index in [0.717, 1.165) is 11.3 Å². The minimum absolute atomic E-state index is 0.0116. The molecule has 0 saturated carbocycles. The first kappa shape index (κ1) is 9.89. The Morgan fingerprint density at radius 2 is 2.00 bits per heavy atom. The normalized spacial score (nSPS) is 15.7. The van der Waals surface area contributed by atoms with Gasteiger partial charge in [0.2, 0.25) is 0 Å². The molecule has 0 fully saturated rings. The molecule has 1 aromatic carbocycles. The molecule has 0 aliphatic heterocycles. The van der Waals surface area contributed by atoms with Crippen LogP contribution < -0.4 is 0 Å². The highest BCUT2D eigenvalue weighted by molar-refractivity contribution is 5.94. The van der Waals surface area contributed by atoms with Gasteiger partial charge in [-0.1, -0.05) is 19.9 Å². The second kappa shape index (κ2) is 3.02. The van der Waals surface area contributed by atoms with Crippen LogP contribution in [-0.4, -0.2) is 4.98 Å². The summed E-state index contributed by atoms with van der Waals surface area (Å²) in [6.45, 7) is 4.51. The van der Waals surface area contributed by atoms with E-state index < -0.39 is 0 Å². The molecule has 0 radical (unpaired) electrons. The SMILES string of the molecule is CC1(C)c2cccnc2-c2ccc3occc3c21. The van der Waals surface area contributed by atoms with Gasteiger partial charge in [0.15, 0.2) is 0 Å². The standard InChI is InChI=1S/C16H13NO/c1-16(2)12-4-3-8-17-15(12)11-5-6-13-10(14(11)16)7-9-18-13/h3-9H,1-2H3. The Kier molecular flexibility index (Phi) is 1.66. The molecule has 4 rings (SSSR count). The van der Waals surface area contributed by atoms with Crippen molar-refractivity contribution in [3.8, 4) is 11.3 Å². The van der Waals surface area contributed by atoms with E-state index in [1.165, 1.54) is 22.1 Å². The Balaban J connectivity index is 2.21. The number of pyridine rings is 1. The van der Waals surface area contributed by atoms with Crippen molar-refractivity contribution in [3.63, 3.8) is 0 Å². The van der Waals surface area contributed by atoms with Crippen molar-refractivity contribution < 1.29 is 4.42 Å². The van der Waals surface area contributed by atoms with Crippen molar-refractivity contribution in [2.24, 2.45) is 0 Å². The molecule has 3 aromatic rings. The maximum atomic E-state index is 5.51. The highest BCUT2D eigenvalue weighted by Crippen LogP contribution is 2.50. The second-order valence-corrected chi connectivity index (χ2v) is 5.35. The summed E-state index contributed by atoms with van der Waals surface area (Å²) >= 11 is 0. The molecule has 1 aliphatic rings. The molecular formula is C16H13NO. The zero-order valence-corrected chi connectivity index (χ0v) is 10.4. The van der Waals surface area contributed by atoms with Crippen molar-refractivity contribution in [3.05, 3.63) is 53.9 Å². The molecule has 0 amide bonds. The molecule has 0 atom stereocenters. The van der Waals surface area contributed by atoms with E-state index >= 15 is 0 Å². The van der Waals surface area contributed by atoms with Crippen molar-refractivity contribution in [2.75, 3.05) is 0 Å². The molecule has 18 heavy (non-hydrogen) atoms. The summed E-state index contributed by atoms with van der Waals surface area (Å²) in [5, 5.41) is 1.20. The topological polar surface area (TPSA) is 26.0 Å². The van der Waals surface area contributed by atoms with Gasteiger partial charge in [0.25, 0.3) is 0 Å². The van der Waals surface area contributed by atoms with E-state index in [4.69, 9.17) is 4.42 Å². The fourth-order valence-electron chi connectivity index (χ4n) is 3.17. The highest BCUT2D eigenvalue weighted by Gasteiger charge is 2.37. The number of nitrogens with zero attached hydrogens (tertiary/aromatic N) is 1. The zero-order valence-electron chi connectivity index (χ0n) is 10.4. The molecule has 2 heteroatoms. The summed E-state index contributed by atoms with van der Waals surface area (Å²) in [4.78, 5) is 4.56.